The normalized spacial score (nSPS) is 53.2. The van der Waals surface area contributed by atoms with E-state index in [1.807, 2.05) is 13.0 Å². The van der Waals surface area contributed by atoms with Crippen LogP contribution < -0.4 is 0 Å². The van der Waals surface area contributed by atoms with Crippen molar-refractivity contribution in [3.8, 4) is 0 Å². The van der Waals surface area contributed by atoms with Crippen LogP contribution in [0.1, 0.15) is 34.1 Å². The number of ketones is 1. The minimum Gasteiger partial charge on any atom is -0.392 e. The van der Waals surface area contributed by atoms with E-state index in [4.69, 9.17) is 0 Å². The van der Waals surface area contributed by atoms with Gasteiger partial charge in [-0.05, 0) is 35.3 Å². The van der Waals surface area contributed by atoms with E-state index in [2.05, 4.69) is 13.8 Å². The number of carbonyl (C=O) groups excluding carboxylic acids is 1. The molecular formula is C20H28O5. The Labute approximate surface area is 148 Å². The Morgan fingerprint density at radius 1 is 1.20 bits per heavy atom. The molecule has 1 unspecified atom stereocenters. The average molecular weight is 348 g/mol. The van der Waals surface area contributed by atoms with E-state index in [0.29, 0.717) is 11.1 Å². The Kier molecular flexibility index (Phi) is 3.36. The first kappa shape index (κ1) is 17.4. The number of fused-ring (bicyclic) bond motifs is 5. The Morgan fingerprint density at radius 2 is 1.84 bits per heavy atom. The maximum Gasteiger partial charge on any atom is 0.190 e. The molecule has 25 heavy (non-hydrogen) atoms. The third-order valence-corrected chi connectivity index (χ3v) is 7.82. The molecule has 4 N–H and O–H groups in total. The van der Waals surface area contributed by atoms with E-state index in [1.165, 1.54) is 0 Å². The van der Waals surface area contributed by atoms with Crippen LogP contribution in [0, 0.1) is 35.0 Å². The third kappa shape index (κ3) is 1.85. The topological polar surface area (TPSA) is 98.0 Å². The highest BCUT2D eigenvalue weighted by Crippen LogP contribution is 2.72. The fourth-order valence-corrected chi connectivity index (χ4v) is 6.38. The number of rotatable bonds is 1. The SMILES string of the molecule is CC1=C[C@H]2[C@@]3(O)[C@H](C)[C@H](O)C4[C@H]([C@@H]3C=C(CO)C[C@]2(O)C1=O)C4(C)C. The van der Waals surface area contributed by atoms with Gasteiger partial charge in [0.1, 0.15) is 5.60 Å². The van der Waals surface area contributed by atoms with Crippen LogP contribution in [0.4, 0.5) is 0 Å². The molecule has 0 heterocycles. The predicted molar refractivity (Wildman–Crippen MR) is 91.4 cm³/mol. The summed E-state index contributed by atoms with van der Waals surface area (Å²) in [5.41, 5.74) is -2.26. The Hall–Kier alpha value is -1.01. The summed E-state index contributed by atoms with van der Waals surface area (Å²) < 4.78 is 0. The number of carbonyl (C=O) groups is 1. The molecule has 5 nitrogen and oxygen atoms in total. The zero-order valence-electron chi connectivity index (χ0n) is 15.2. The lowest BCUT2D eigenvalue weighted by molar-refractivity contribution is -0.186. The summed E-state index contributed by atoms with van der Waals surface area (Å²) >= 11 is 0. The average Bonchev–Trinajstić information content (AvgIpc) is 3.07. The highest BCUT2D eigenvalue weighted by molar-refractivity contribution is 6.04. The largest absolute Gasteiger partial charge is 0.392 e. The quantitative estimate of drug-likeness (QED) is 0.526. The van der Waals surface area contributed by atoms with Crippen LogP contribution in [-0.4, -0.2) is 50.1 Å². The Bertz CT molecular complexity index is 707. The van der Waals surface area contributed by atoms with Crippen molar-refractivity contribution >= 4 is 5.78 Å². The van der Waals surface area contributed by atoms with E-state index in [-0.39, 0.29) is 42.0 Å². The molecule has 0 bridgehead atoms. The molecule has 8 atom stereocenters. The van der Waals surface area contributed by atoms with Crippen LogP contribution >= 0.6 is 0 Å². The van der Waals surface area contributed by atoms with Gasteiger partial charge in [-0.15, -0.1) is 0 Å². The van der Waals surface area contributed by atoms with Crippen LogP contribution in [0.25, 0.3) is 0 Å². The van der Waals surface area contributed by atoms with Crippen LogP contribution in [0.3, 0.4) is 0 Å². The van der Waals surface area contributed by atoms with Gasteiger partial charge in [0.25, 0.3) is 0 Å². The highest BCUT2D eigenvalue weighted by Gasteiger charge is 2.76. The van der Waals surface area contributed by atoms with E-state index in [9.17, 15) is 25.2 Å². The second-order valence-electron chi connectivity index (χ2n) is 9.31. The van der Waals surface area contributed by atoms with E-state index < -0.39 is 29.1 Å². The van der Waals surface area contributed by atoms with E-state index >= 15 is 0 Å². The van der Waals surface area contributed by atoms with Crippen molar-refractivity contribution in [2.75, 3.05) is 6.61 Å². The molecule has 0 spiro atoms. The molecule has 138 valence electrons. The molecule has 0 radical (unpaired) electrons. The Morgan fingerprint density at radius 3 is 2.44 bits per heavy atom. The van der Waals surface area contributed by atoms with Gasteiger partial charge in [-0.3, -0.25) is 4.79 Å². The first-order valence-electron chi connectivity index (χ1n) is 9.17. The first-order chi connectivity index (χ1) is 11.5. The molecule has 2 saturated carbocycles. The molecule has 4 aliphatic carbocycles. The molecule has 4 aliphatic rings. The van der Waals surface area contributed by atoms with Gasteiger partial charge in [-0.1, -0.05) is 32.9 Å². The summed E-state index contributed by atoms with van der Waals surface area (Å²) in [5, 5.41) is 43.8. The molecule has 0 aliphatic heterocycles. The van der Waals surface area contributed by atoms with Crippen molar-refractivity contribution in [2.45, 2.75) is 51.4 Å². The van der Waals surface area contributed by atoms with Crippen LogP contribution in [0.2, 0.25) is 0 Å². The van der Waals surface area contributed by atoms with Crippen LogP contribution in [-0.2, 0) is 4.79 Å². The first-order valence-corrected chi connectivity index (χ1v) is 9.17. The van der Waals surface area contributed by atoms with Gasteiger partial charge < -0.3 is 20.4 Å². The van der Waals surface area contributed by atoms with Gasteiger partial charge in [0.2, 0.25) is 0 Å². The van der Waals surface area contributed by atoms with E-state index in [0.717, 1.165) is 0 Å². The lowest BCUT2D eigenvalue weighted by atomic mass is 9.59. The zero-order valence-corrected chi connectivity index (χ0v) is 15.2. The van der Waals surface area contributed by atoms with Crippen LogP contribution in [0.15, 0.2) is 23.3 Å². The van der Waals surface area contributed by atoms with Crippen molar-refractivity contribution in [2.24, 2.45) is 35.0 Å². The smallest absolute Gasteiger partial charge is 0.190 e. The molecule has 0 saturated heterocycles. The molecule has 5 heteroatoms. The van der Waals surface area contributed by atoms with Crippen molar-refractivity contribution in [1.29, 1.82) is 0 Å². The van der Waals surface area contributed by atoms with Crippen molar-refractivity contribution in [3.63, 3.8) is 0 Å². The van der Waals surface area contributed by atoms with E-state index in [1.54, 1.807) is 13.0 Å². The Balaban J connectivity index is 1.93. The zero-order chi connectivity index (χ0) is 18.5. The molecule has 0 aromatic carbocycles. The minimum atomic E-state index is -1.75. The number of aliphatic hydroxyl groups excluding tert-OH is 2. The molecule has 0 aromatic heterocycles. The molecule has 0 amide bonds. The summed E-state index contributed by atoms with van der Waals surface area (Å²) in [6.45, 7) is 7.40. The summed E-state index contributed by atoms with van der Waals surface area (Å²) in [6.07, 6.45) is 2.91. The monoisotopic (exact) mass is 348 g/mol. The van der Waals surface area contributed by atoms with Crippen LogP contribution in [0.5, 0.6) is 0 Å². The third-order valence-electron chi connectivity index (χ3n) is 7.82. The van der Waals surface area contributed by atoms with Crippen molar-refractivity contribution in [1.82, 2.24) is 0 Å². The fourth-order valence-electron chi connectivity index (χ4n) is 6.38. The number of hydrogen-bond acceptors (Lipinski definition) is 5. The molecule has 2 fully saturated rings. The molecule has 0 aromatic rings. The van der Waals surface area contributed by atoms with Gasteiger partial charge in [-0.2, -0.15) is 0 Å². The van der Waals surface area contributed by atoms with Gasteiger partial charge in [0.15, 0.2) is 5.78 Å². The van der Waals surface area contributed by atoms with Crippen molar-refractivity contribution < 1.29 is 25.2 Å². The summed E-state index contributed by atoms with van der Waals surface area (Å²) in [4.78, 5) is 12.7. The summed E-state index contributed by atoms with van der Waals surface area (Å²) in [5.74, 6) is -1.80. The minimum absolute atomic E-state index is 0.0281. The molecular weight excluding hydrogens is 320 g/mol. The van der Waals surface area contributed by atoms with Crippen molar-refractivity contribution in [3.05, 3.63) is 23.3 Å². The number of hydrogen-bond donors (Lipinski definition) is 4. The highest BCUT2D eigenvalue weighted by atomic mass is 16.3. The summed E-state index contributed by atoms with van der Waals surface area (Å²) in [7, 11) is 0. The standard InChI is InChI=1S/C20H28O5/c1-9-5-13-19(24,17(9)23)7-11(8-21)6-12-14-15(18(14,3)4)16(22)10(2)20(12,13)25/h5-6,10,12-16,21-22,24-25H,7-8H2,1-4H3/t10-,12+,13-,14+,15?,16+,19-,20-/m1/s1. The predicted octanol–water partition coefficient (Wildman–Crippen LogP) is 0.815. The second-order valence-corrected chi connectivity index (χ2v) is 9.31. The maximum atomic E-state index is 12.7. The second kappa shape index (κ2) is 4.83. The number of Topliss-reactive ketones (excluding diaryl/α,β-unsaturated/α-hetero) is 1. The van der Waals surface area contributed by atoms with Gasteiger partial charge >= 0.3 is 0 Å². The number of aliphatic hydroxyl groups is 4. The van der Waals surface area contributed by atoms with Gasteiger partial charge in [0.05, 0.1) is 18.3 Å². The molecule has 4 rings (SSSR count). The lowest BCUT2D eigenvalue weighted by Crippen LogP contribution is -2.62. The summed E-state index contributed by atoms with van der Waals surface area (Å²) in [6, 6.07) is 0. The van der Waals surface area contributed by atoms with Gasteiger partial charge in [0, 0.05) is 24.2 Å². The maximum absolute atomic E-state index is 12.7. The van der Waals surface area contributed by atoms with Gasteiger partial charge in [-0.25, -0.2) is 0 Å². The lowest BCUT2D eigenvalue weighted by Gasteiger charge is -2.50. The fraction of sp³-hybridized carbons (Fsp3) is 0.750.